The van der Waals surface area contributed by atoms with E-state index in [0.717, 1.165) is 12.5 Å². The van der Waals surface area contributed by atoms with Crippen LogP contribution in [0.4, 0.5) is 0 Å². The van der Waals surface area contributed by atoms with Gasteiger partial charge in [0, 0.05) is 39.3 Å². The minimum absolute atomic E-state index is 1.03. The lowest BCUT2D eigenvalue weighted by atomic mass is 10.1. The average Bonchev–Trinajstić information content (AvgIpc) is 3.33. The van der Waals surface area contributed by atoms with Crippen molar-refractivity contribution >= 4 is 0 Å². The number of hydrogen-bond donors (Lipinski definition) is 0. The van der Waals surface area contributed by atoms with Crippen molar-refractivity contribution in [2.75, 3.05) is 32.7 Å². The SMILES string of the molecule is CCCCc1ccc(CN2CCN(CC3CC3)CC2)cc1. The number of benzene rings is 1. The molecule has 1 aliphatic carbocycles. The number of unbranched alkanes of at least 4 members (excludes halogenated alkanes) is 1. The molecule has 1 aromatic rings. The molecule has 1 aliphatic heterocycles. The van der Waals surface area contributed by atoms with Gasteiger partial charge in [0.1, 0.15) is 0 Å². The molecule has 0 bridgehead atoms. The van der Waals surface area contributed by atoms with Crippen molar-refractivity contribution in [3.8, 4) is 0 Å². The van der Waals surface area contributed by atoms with Gasteiger partial charge in [0.25, 0.3) is 0 Å². The number of aryl methyl sites for hydroxylation is 1. The molecular formula is C19H30N2. The highest BCUT2D eigenvalue weighted by Crippen LogP contribution is 2.30. The van der Waals surface area contributed by atoms with E-state index in [1.807, 2.05) is 0 Å². The molecule has 0 radical (unpaired) electrons. The molecular weight excluding hydrogens is 256 g/mol. The van der Waals surface area contributed by atoms with Crippen molar-refractivity contribution in [1.29, 1.82) is 0 Å². The molecule has 1 heterocycles. The molecule has 2 fully saturated rings. The van der Waals surface area contributed by atoms with Crippen LogP contribution in [0.2, 0.25) is 0 Å². The van der Waals surface area contributed by atoms with Crippen LogP contribution >= 0.6 is 0 Å². The van der Waals surface area contributed by atoms with E-state index in [1.54, 1.807) is 0 Å². The molecule has 2 heteroatoms. The fourth-order valence-corrected chi connectivity index (χ4v) is 3.25. The van der Waals surface area contributed by atoms with E-state index in [-0.39, 0.29) is 0 Å². The Kier molecular flexibility index (Phi) is 5.32. The van der Waals surface area contributed by atoms with Crippen LogP contribution in [0.1, 0.15) is 43.7 Å². The molecule has 0 atom stereocenters. The normalized spacial score (nSPS) is 20.8. The Morgan fingerprint density at radius 2 is 1.52 bits per heavy atom. The lowest BCUT2D eigenvalue weighted by molar-refractivity contribution is 0.123. The zero-order valence-corrected chi connectivity index (χ0v) is 13.6. The van der Waals surface area contributed by atoms with Gasteiger partial charge in [0.15, 0.2) is 0 Å². The molecule has 116 valence electrons. The van der Waals surface area contributed by atoms with Crippen LogP contribution in [0.3, 0.4) is 0 Å². The number of hydrogen-bond acceptors (Lipinski definition) is 2. The monoisotopic (exact) mass is 286 g/mol. The number of rotatable bonds is 7. The molecule has 21 heavy (non-hydrogen) atoms. The quantitative estimate of drug-likeness (QED) is 0.756. The number of piperazine rings is 1. The molecule has 1 saturated carbocycles. The molecule has 1 saturated heterocycles. The first-order chi connectivity index (χ1) is 10.3. The summed E-state index contributed by atoms with van der Waals surface area (Å²) in [5.41, 5.74) is 2.97. The highest BCUT2D eigenvalue weighted by molar-refractivity contribution is 5.22. The van der Waals surface area contributed by atoms with E-state index >= 15 is 0 Å². The van der Waals surface area contributed by atoms with Crippen LogP contribution in [0, 0.1) is 5.92 Å². The summed E-state index contributed by atoms with van der Waals surface area (Å²) in [5, 5.41) is 0. The van der Waals surface area contributed by atoms with Gasteiger partial charge in [-0.1, -0.05) is 37.6 Å². The van der Waals surface area contributed by atoms with Crippen molar-refractivity contribution in [1.82, 2.24) is 9.80 Å². The van der Waals surface area contributed by atoms with Gasteiger partial charge in [-0.3, -0.25) is 4.90 Å². The molecule has 2 aliphatic rings. The van der Waals surface area contributed by atoms with Crippen LogP contribution in [0.15, 0.2) is 24.3 Å². The van der Waals surface area contributed by atoms with Gasteiger partial charge in [0.05, 0.1) is 0 Å². The third-order valence-electron chi connectivity index (χ3n) is 4.93. The molecule has 0 N–H and O–H groups in total. The van der Waals surface area contributed by atoms with E-state index in [9.17, 15) is 0 Å². The highest BCUT2D eigenvalue weighted by atomic mass is 15.3. The lowest BCUT2D eigenvalue weighted by Crippen LogP contribution is -2.46. The van der Waals surface area contributed by atoms with E-state index < -0.39 is 0 Å². The standard InChI is InChI=1S/C19H30N2/c1-2-3-4-17-5-7-18(8-6-17)15-20-11-13-21(14-12-20)16-19-9-10-19/h5-8,19H,2-4,9-16H2,1H3. The summed E-state index contributed by atoms with van der Waals surface area (Å²) in [6.45, 7) is 9.77. The van der Waals surface area contributed by atoms with Crippen molar-refractivity contribution in [3.63, 3.8) is 0 Å². The third kappa shape index (κ3) is 4.82. The summed E-state index contributed by atoms with van der Waals surface area (Å²) in [5.74, 6) is 1.03. The van der Waals surface area contributed by atoms with E-state index in [2.05, 4.69) is 41.0 Å². The van der Waals surface area contributed by atoms with Gasteiger partial charge in [0.2, 0.25) is 0 Å². The Morgan fingerprint density at radius 1 is 0.905 bits per heavy atom. The summed E-state index contributed by atoms with van der Waals surface area (Å²) in [6.07, 6.45) is 6.78. The van der Waals surface area contributed by atoms with Crippen molar-refractivity contribution in [3.05, 3.63) is 35.4 Å². The minimum atomic E-state index is 1.03. The van der Waals surface area contributed by atoms with Crippen molar-refractivity contribution in [2.45, 2.75) is 45.6 Å². The molecule has 0 aromatic heterocycles. The molecule has 0 spiro atoms. The average molecular weight is 286 g/mol. The van der Waals surface area contributed by atoms with Crippen LogP contribution in [0.25, 0.3) is 0 Å². The predicted molar refractivity (Wildman–Crippen MR) is 89.5 cm³/mol. The second-order valence-electron chi connectivity index (χ2n) is 6.94. The van der Waals surface area contributed by atoms with Gasteiger partial charge < -0.3 is 4.90 Å². The van der Waals surface area contributed by atoms with E-state index in [0.29, 0.717) is 0 Å². The van der Waals surface area contributed by atoms with E-state index in [1.165, 1.54) is 76.0 Å². The van der Waals surface area contributed by atoms with Gasteiger partial charge in [-0.2, -0.15) is 0 Å². The van der Waals surface area contributed by atoms with Crippen LogP contribution < -0.4 is 0 Å². The van der Waals surface area contributed by atoms with Gasteiger partial charge in [-0.15, -0.1) is 0 Å². The third-order valence-corrected chi connectivity index (χ3v) is 4.93. The number of nitrogens with zero attached hydrogens (tertiary/aromatic N) is 2. The van der Waals surface area contributed by atoms with Gasteiger partial charge in [-0.25, -0.2) is 0 Å². The zero-order chi connectivity index (χ0) is 14.5. The van der Waals surface area contributed by atoms with Crippen LogP contribution in [-0.2, 0) is 13.0 Å². The molecule has 0 amide bonds. The Hall–Kier alpha value is -0.860. The molecule has 3 rings (SSSR count). The predicted octanol–water partition coefficient (Wildman–Crippen LogP) is 3.56. The lowest BCUT2D eigenvalue weighted by Gasteiger charge is -2.34. The maximum Gasteiger partial charge on any atom is 0.0234 e. The molecule has 2 nitrogen and oxygen atoms in total. The first-order valence-electron chi connectivity index (χ1n) is 8.86. The smallest absolute Gasteiger partial charge is 0.0234 e. The summed E-state index contributed by atoms with van der Waals surface area (Å²) >= 11 is 0. The zero-order valence-electron chi connectivity index (χ0n) is 13.6. The maximum atomic E-state index is 2.67. The minimum Gasteiger partial charge on any atom is -0.301 e. The summed E-state index contributed by atoms with van der Waals surface area (Å²) in [7, 11) is 0. The Bertz CT molecular complexity index is 414. The van der Waals surface area contributed by atoms with Crippen LogP contribution in [-0.4, -0.2) is 42.5 Å². The van der Waals surface area contributed by atoms with Crippen LogP contribution in [0.5, 0.6) is 0 Å². The maximum absolute atomic E-state index is 2.67. The Labute approximate surface area is 130 Å². The first kappa shape index (κ1) is 15.1. The Balaban J connectivity index is 1.41. The highest BCUT2D eigenvalue weighted by Gasteiger charge is 2.26. The largest absolute Gasteiger partial charge is 0.301 e. The topological polar surface area (TPSA) is 6.48 Å². The first-order valence-corrected chi connectivity index (χ1v) is 8.86. The van der Waals surface area contributed by atoms with Gasteiger partial charge in [-0.05, 0) is 42.7 Å². The van der Waals surface area contributed by atoms with Crippen molar-refractivity contribution in [2.24, 2.45) is 5.92 Å². The fraction of sp³-hybridized carbons (Fsp3) is 0.684. The summed E-state index contributed by atoms with van der Waals surface area (Å²) in [6, 6.07) is 9.33. The van der Waals surface area contributed by atoms with Gasteiger partial charge >= 0.3 is 0 Å². The van der Waals surface area contributed by atoms with Crippen molar-refractivity contribution < 1.29 is 0 Å². The second-order valence-corrected chi connectivity index (χ2v) is 6.94. The summed E-state index contributed by atoms with van der Waals surface area (Å²) < 4.78 is 0. The summed E-state index contributed by atoms with van der Waals surface area (Å²) in [4.78, 5) is 5.28. The second kappa shape index (κ2) is 7.42. The Morgan fingerprint density at radius 3 is 2.14 bits per heavy atom. The fourth-order valence-electron chi connectivity index (χ4n) is 3.25. The molecule has 1 aromatic carbocycles. The molecule has 0 unspecified atom stereocenters. The van der Waals surface area contributed by atoms with E-state index in [4.69, 9.17) is 0 Å².